The van der Waals surface area contributed by atoms with E-state index in [4.69, 9.17) is 10.5 Å². The Morgan fingerprint density at radius 2 is 1.85 bits per heavy atom. The summed E-state index contributed by atoms with van der Waals surface area (Å²) in [7, 11) is -3.97. The molecule has 0 radical (unpaired) electrons. The molecule has 0 spiro atoms. The Morgan fingerprint density at radius 3 is 2.54 bits per heavy atom. The number of carbonyl (C=O) groups is 1. The van der Waals surface area contributed by atoms with E-state index in [-0.39, 0.29) is 28.6 Å². The molecule has 12 heteroatoms. The number of anilines is 2. The molecule has 1 atom stereocenters. The average molecular weight is 578 g/mol. The lowest BCUT2D eigenvalue weighted by molar-refractivity contribution is 0.0178. The number of pyridine rings is 1. The van der Waals surface area contributed by atoms with Crippen LogP contribution in [0.1, 0.15) is 40.5 Å². The van der Waals surface area contributed by atoms with Crippen molar-refractivity contribution in [2.75, 3.05) is 30.3 Å². The van der Waals surface area contributed by atoms with Crippen LogP contribution in [0.15, 0.2) is 66.0 Å². The first-order valence-corrected chi connectivity index (χ1v) is 15.1. The van der Waals surface area contributed by atoms with Gasteiger partial charge in [-0.2, -0.15) is 0 Å². The third kappa shape index (κ3) is 5.69. The molecule has 216 valence electrons. The minimum atomic E-state index is -3.97. The van der Waals surface area contributed by atoms with Crippen LogP contribution in [0.5, 0.6) is 0 Å². The molecule has 4 aromatic rings. The van der Waals surface area contributed by atoms with Gasteiger partial charge < -0.3 is 20.3 Å². The van der Waals surface area contributed by atoms with Gasteiger partial charge in [0.15, 0.2) is 5.65 Å². The highest BCUT2D eigenvalue weighted by Crippen LogP contribution is 2.39. The van der Waals surface area contributed by atoms with E-state index in [9.17, 15) is 13.2 Å². The zero-order valence-electron chi connectivity index (χ0n) is 23.7. The molecule has 11 nitrogen and oxygen atoms in total. The van der Waals surface area contributed by atoms with Gasteiger partial charge in [0.1, 0.15) is 5.60 Å². The number of ether oxygens (including phenoxy) is 1. The molecule has 0 bridgehead atoms. The summed E-state index contributed by atoms with van der Waals surface area (Å²) in [4.78, 5) is 30.1. The van der Waals surface area contributed by atoms with Crippen molar-refractivity contribution in [2.45, 2.75) is 57.1 Å². The fraction of sp³-hybridized carbons (Fsp3) is 0.379. The van der Waals surface area contributed by atoms with E-state index >= 15 is 0 Å². The van der Waals surface area contributed by atoms with Crippen molar-refractivity contribution in [3.8, 4) is 11.3 Å². The first-order chi connectivity index (χ1) is 19.5. The van der Waals surface area contributed by atoms with Gasteiger partial charge in [0.05, 0.1) is 27.7 Å². The molecule has 0 unspecified atom stereocenters. The van der Waals surface area contributed by atoms with E-state index in [1.165, 1.54) is 10.2 Å². The van der Waals surface area contributed by atoms with Crippen LogP contribution >= 0.6 is 0 Å². The predicted octanol–water partition coefficient (Wildman–Crippen LogP) is 4.54. The van der Waals surface area contributed by atoms with Crippen molar-refractivity contribution in [3.63, 3.8) is 0 Å². The number of hydrogen-bond acceptors (Lipinski definition) is 9. The van der Waals surface area contributed by atoms with Gasteiger partial charge in [-0.3, -0.25) is 0 Å². The van der Waals surface area contributed by atoms with Gasteiger partial charge in [0.25, 0.3) is 10.0 Å². The molecule has 4 heterocycles. The third-order valence-corrected chi connectivity index (χ3v) is 8.59. The molecular weight excluding hydrogens is 542 g/mol. The molecule has 0 saturated carbocycles. The summed E-state index contributed by atoms with van der Waals surface area (Å²) < 4.78 is 34.5. The van der Waals surface area contributed by atoms with E-state index in [1.54, 1.807) is 53.7 Å². The monoisotopic (exact) mass is 577 g/mol. The maximum atomic E-state index is 13.8. The molecule has 0 aliphatic carbocycles. The zero-order chi connectivity index (χ0) is 29.4. The van der Waals surface area contributed by atoms with Gasteiger partial charge in [-0.15, -0.1) is 0 Å². The van der Waals surface area contributed by atoms with Gasteiger partial charge in [0, 0.05) is 43.8 Å². The van der Waals surface area contributed by atoms with E-state index in [0.717, 1.165) is 18.5 Å². The van der Waals surface area contributed by atoms with Gasteiger partial charge in [-0.25, -0.2) is 32.1 Å². The Kier molecular flexibility index (Phi) is 7.60. The van der Waals surface area contributed by atoms with Gasteiger partial charge in [0.2, 0.25) is 5.95 Å². The molecule has 1 amide bonds. The number of nitrogens with zero attached hydrogens (tertiary/aromatic N) is 6. The average Bonchev–Trinajstić information content (AvgIpc) is 3.57. The zero-order valence-corrected chi connectivity index (χ0v) is 24.5. The van der Waals surface area contributed by atoms with Crippen LogP contribution in [0.3, 0.4) is 0 Å². The standard InChI is InChI=1S/C29H35N7O4S/c1-5-16-35(28(37)40-29(2,3)4)20-13-17-34(18-20)24-12-15-31-26-25(24)22(23-11-14-32-27(30)33-23)19-36(26)41(38,39)21-9-7-6-8-10-21/h6-12,14-15,19-20H,5,13,16-18H2,1-4H3,(H2,30,32,33)/t20-/m0/s1. The van der Waals surface area contributed by atoms with Gasteiger partial charge >= 0.3 is 6.09 Å². The second-order valence-corrected chi connectivity index (χ2v) is 12.9. The van der Waals surface area contributed by atoms with Crippen LogP contribution in [0.4, 0.5) is 16.4 Å². The number of amides is 1. The lowest BCUT2D eigenvalue weighted by Crippen LogP contribution is -2.45. The van der Waals surface area contributed by atoms with Crippen molar-refractivity contribution in [1.29, 1.82) is 0 Å². The summed E-state index contributed by atoms with van der Waals surface area (Å²) in [6, 6.07) is 11.7. The topological polar surface area (TPSA) is 137 Å². The van der Waals surface area contributed by atoms with E-state index in [0.29, 0.717) is 36.3 Å². The summed E-state index contributed by atoms with van der Waals surface area (Å²) in [5.74, 6) is 0.0774. The predicted molar refractivity (Wildman–Crippen MR) is 158 cm³/mol. The highest BCUT2D eigenvalue weighted by molar-refractivity contribution is 7.90. The highest BCUT2D eigenvalue weighted by atomic mass is 32.2. The first-order valence-electron chi connectivity index (χ1n) is 13.6. The molecule has 2 N–H and O–H groups in total. The Hall–Kier alpha value is -4.19. The minimum Gasteiger partial charge on any atom is -0.444 e. The lowest BCUT2D eigenvalue weighted by Gasteiger charge is -2.31. The van der Waals surface area contributed by atoms with E-state index < -0.39 is 15.6 Å². The Bertz CT molecular complexity index is 1670. The number of benzene rings is 1. The van der Waals surface area contributed by atoms with Crippen LogP contribution in [-0.4, -0.2) is 69.6 Å². The van der Waals surface area contributed by atoms with Crippen LogP contribution in [0, 0.1) is 0 Å². The molecule has 1 aliphatic heterocycles. The van der Waals surface area contributed by atoms with Crippen LogP contribution in [0.25, 0.3) is 22.3 Å². The van der Waals surface area contributed by atoms with Crippen molar-refractivity contribution in [3.05, 3.63) is 61.1 Å². The third-order valence-electron chi connectivity index (χ3n) is 6.92. The van der Waals surface area contributed by atoms with Gasteiger partial charge in [-0.05, 0) is 57.9 Å². The van der Waals surface area contributed by atoms with Crippen LogP contribution in [0.2, 0.25) is 0 Å². The van der Waals surface area contributed by atoms with E-state index in [1.807, 2.05) is 33.8 Å². The van der Waals surface area contributed by atoms with E-state index in [2.05, 4.69) is 19.9 Å². The summed E-state index contributed by atoms with van der Waals surface area (Å²) in [5.41, 5.74) is 7.44. The first kappa shape index (κ1) is 28.3. The molecule has 1 aliphatic rings. The Balaban J connectivity index is 1.60. The van der Waals surface area contributed by atoms with Crippen molar-refractivity contribution in [1.82, 2.24) is 23.8 Å². The van der Waals surface area contributed by atoms with Crippen molar-refractivity contribution < 1.29 is 17.9 Å². The smallest absolute Gasteiger partial charge is 0.410 e. The van der Waals surface area contributed by atoms with Crippen LogP contribution in [-0.2, 0) is 14.8 Å². The number of nitrogen functional groups attached to an aromatic ring is 1. The quantitative estimate of drug-likeness (QED) is 0.336. The second-order valence-electron chi connectivity index (χ2n) is 11.0. The molecule has 1 aromatic carbocycles. The maximum Gasteiger partial charge on any atom is 0.410 e. The van der Waals surface area contributed by atoms with Crippen molar-refractivity contribution >= 4 is 38.8 Å². The normalized spacial score (nSPS) is 15.8. The molecular formula is C29H35N7O4S. The second kappa shape index (κ2) is 11.0. The summed E-state index contributed by atoms with van der Waals surface area (Å²) in [6.07, 6.45) is 5.90. The molecule has 41 heavy (non-hydrogen) atoms. The minimum absolute atomic E-state index is 0.0682. The number of carbonyl (C=O) groups excluding carboxylic acids is 1. The highest BCUT2D eigenvalue weighted by Gasteiger charge is 2.35. The molecule has 5 rings (SSSR count). The van der Waals surface area contributed by atoms with Gasteiger partial charge in [-0.1, -0.05) is 25.1 Å². The number of nitrogens with two attached hydrogens (primary N) is 1. The summed E-state index contributed by atoms with van der Waals surface area (Å²) >= 11 is 0. The lowest BCUT2D eigenvalue weighted by atomic mass is 10.1. The number of aromatic nitrogens is 4. The molecule has 1 fully saturated rings. The fourth-order valence-corrected chi connectivity index (χ4v) is 6.52. The summed E-state index contributed by atoms with van der Waals surface area (Å²) in [6.45, 7) is 9.41. The Labute approximate surface area is 240 Å². The Morgan fingerprint density at radius 1 is 1.12 bits per heavy atom. The maximum absolute atomic E-state index is 13.8. The largest absolute Gasteiger partial charge is 0.444 e. The SMILES string of the molecule is CCCN(C(=O)OC(C)(C)C)[C@H]1CCN(c2ccnc3c2c(-c2ccnc(N)n2)cn3S(=O)(=O)c2ccccc2)C1. The van der Waals surface area contributed by atoms with Crippen LogP contribution < -0.4 is 10.6 Å². The number of rotatable bonds is 7. The molecule has 3 aromatic heterocycles. The fourth-order valence-electron chi connectivity index (χ4n) is 5.18. The number of fused-ring (bicyclic) bond motifs is 1. The number of hydrogen-bond donors (Lipinski definition) is 1. The van der Waals surface area contributed by atoms with Crippen molar-refractivity contribution in [2.24, 2.45) is 0 Å². The molecule has 1 saturated heterocycles. The summed E-state index contributed by atoms with van der Waals surface area (Å²) in [5, 5.41) is 0.630.